The van der Waals surface area contributed by atoms with Gasteiger partial charge in [-0.3, -0.25) is 4.79 Å². The summed E-state index contributed by atoms with van der Waals surface area (Å²) in [5.74, 6) is 0.890. The van der Waals surface area contributed by atoms with E-state index in [1.807, 2.05) is 6.07 Å². The molecule has 0 saturated heterocycles. The van der Waals surface area contributed by atoms with Crippen LogP contribution in [0.3, 0.4) is 0 Å². The molecule has 2 N–H and O–H groups in total. The molecule has 5 nitrogen and oxygen atoms in total. The summed E-state index contributed by atoms with van der Waals surface area (Å²) in [5.41, 5.74) is 6.16. The lowest BCUT2D eigenvalue weighted by molar-refractivity contribution is -0.144. The van der Waals surface area contributed by atoms with Gasteiger partial charge >= 0.3 is 5.97 Å². The predicted molar refractivity (Wildman–Crippen MR) is 72.3 cm³/mol. The van der Waals surface area contributed by atoms with Crippen molar-refractivity contribution in [3.05, 3.63) is 23.8 Å². The first kappa shape index (κ1) is 15.3. The zero-order chi connectivity index (χ0) is 14.5. The van der Waals surface area contributed by atoms with Crippen LogP contribution in [0.4, 0.5) is 0 Å². The molecule has 1 rings (SSSR count). The van der Waals surface area contributed by atoms with E-state index in [4.69, 9.17) is 19.9 Å². The third-order valence-electron chi connectivity index (χ3n) is 2.86. The number of rotatable bonds is 6. The molecular formula is C14H21NO4. The van der Waals surface area contributed by atoms with Gasteiger partial charge in [0, 0.05) is 5.54 Å². The fourth-order valence-electron chi connectivity index (χ4n) is 1.81. The van der Waals surface area contributed by atoms with Gasteiger partial charge in [0.1, 0.15) is 0 Å². The fraction of sp³-hybridized carbons (Fsp3) is 0.500. The van der Waals surface area contributed by atoms with Crippen molar-refractivity contribution >= 4 is 5.97 Å². The molecule has 0 amide bonds. The third-order valence-corrected chi connectivity index (χ3v) is 2.86. The average molecular weight is 267 g/mol. The lowest BCUT2D eigenvalue weighted by Gasteiger charge is -2.25. The molecule has 0 aliphatic rings. The van der Waals surface area contributed by atoms with Crippen molar-refractivity contribution in [3.8, 4) is 11.5 Å². The molecule has 5 heteroatoms. The Morgan fingerprint density at radius 2 is 1.89 bits per heavy atom. The number of benzene rings is 1. The number of ether oxygens (including phenoxy) is 3. The maximum Gasteiger partial charge on any atom is 0.307 e. The topological polar surface area (TPSA) is 70.8 Å². The van der Waals surface area contributed by atoms with Crippen molar-refractivity contribution in [1.29, 1.82) is 0 Å². The second-order valence-electron chi connectivity index (χ2n) is 4.47. The molecule has 0 aromatic heterocycles. The van der Waals surface area contributed by atoms with E-state index in [-0.39, 0.29) is 12.4 Å². The minimum Gasteiger partial charge on any atom is -0.493 e. The number of esters is 1. The molecule has 0 bridgehead atoms. The normalized spacial score (nSPS) is 13.5. The van der Waals surface area contributed by atoms with Gasteiger partial charge in [-0.2, -0.15) is 0 Å². The number of carbonyl (C=O) groups is 1. The average Bonchev–Trinajstić information content (AvgIpc) is 2.37. The van der Waals surface area contributed by atoms with Crippen LogP contribution in [0.2, 0.25) is 0 Å². The molecule has 0 aliphatic heterocycles. The minimum absolute atomic E-state index is 0.107. The van der Waals surface area contributed by atoms with Crippen molar-refractivity contribution in [2.75, 3.05) is 20.8 Å². The van der Waals surface area contributed by atoms with Gasteiger partial charge in [0.25, 0.3) is 0 Å². The van der Waals surface area contributed by atoms with E-state index in [1.54, 1.807) is 40.2 Å². The summed E-state index contributed by atoms with van der Waals surface area (Å²) in [6, 6.07) is 5.36. The molecule has 1 unspecified atom stereocenters. The van der Waals surface area contributed by atoms with Crippen LogP contribution < -0.4 is 15.2 Å². The summed E-state index contributed by atoms with van der Waals surface area (Å²) in [7, 11) is 3.12. The second kappa shape index (κ2) is 6.43. The number of hydrogen-bond donors (Lipinski definition) is 1. The van der Waals surface area contributed by atoms with E-state index in [0.29, 0.717) is 18.1 Å². The summed E-state index contributed by atoms with van der Waals surface area (Å²) in [6.45, 7) is 3.90. The summed E-state index contributed by atoms with van der Waals surface area (Å²) in [4.78, 5) is 11.6. The monoisotopic (exact) mass is 267 g/mol. The van der Waals surface area contributed by atoms with Crippen molar-refractivity contribution in [1.82, 2.24) is 0 Å². The zero-order valence-electron chi connectivity index (χ0n) is 11.9. The van der Waals surface area contributed by atoms with Crippen LogP contribution >= 0.6 is 0 Å². The third kappa shape index (κ3) is 3.86. The molecule has 1 aromatic rings. The van der Waals surface area contributed by atoms with Gasteiger partial charge in [0.2, 0.25) is 0 Å². The van der Waals surface area contributed by atoms with Crippen LogP contribution in [0, 0.1) is 0 Å². The standard InChI is InChI=1S/C14H21NO4/c1-5-19-13(16)9-14(2,15)10-6-7-11(17-3)12(8-10)18-4/h6-8H,5,9,15H2,1-4H3. The van der Waals surface area contributed by atoms with Crippen LogP contribution in [0.15, 0.2) is 18.2 Å². The van der Waals surface area contributed by atoms with Gasteiger partial charge in [-0.15, -0.1) is 0 Å². The van der Waals surface area contributed by atoms with E-state index < -0.39 is 5.54 Å². The minimum atomic E-state index is -0.814. The largest absolute Gasteiger partial charge is 0.493 e. The Bertz CT molecular complexity index is 443. The summed E-state index contributed by atoms with van der Waals surface area (Å²) < 4.78 is 15.3. The predicted octanol–water partition coefficient (Wildman–Crippen LogP) is 1.83. The van der Waals surface area contributed by atoms with E-state index in [2.05, 4.69) is 0 Å². The molecule has 1 atom stereocenters. The molecule has 0 heterocycles. The molecule has 0 saturated carbocycles. The Balaban J connectivity index is 2.97. The number of carbonyl (C=O) groups excluding carboxylic acids is 1. The van der Waals surface area contributed by atoms with Crippen LogP contribution in [0.25, 0.3) is 0 Å². The summed E-state index contributed by atoms with van der Waals surface area (Å²) in [6.07, 6.45) is 0.107. The molecule has 0 fully saturated rings. The first-order chi connectivity index (χ1) is 8.94. The molecule has 106 valence electrons. The second-order valence-corrected chi connectivity index (χ2v) is 4.47. The van der Waals surface area contributed by atoms with Gasteiger partial charge in [0.05, 0.1) is 27.2 Å². The quantitative estimate of drug-likeness (QED) is 0.796. The highest BCUT2D eigenvalue weighted by Gasteiger charge is 2.26. The Morgan fingerprint density at radius 1 is 1.26 bits per heavy atom. The van der Waals surface area contributed by atoms with Gasteiger partial charge < -0.3 is 19.9 Å². The van der Waals surface area contributed by atoms with Crippen molar-refractivity contribution < 1.29 is 19.0 Å². The lowest BCUT2D eigenvalue weighted by atomic mass is 9.89. The van der Waals surface area contributed by atoms with Gasteiger partial charge in [-0.05, 0) is 31.5 Å². The van der Waals surface area contributed by atoms with Crippen molar-refractivity contribution in [2.24, 2.45) is 5.73 Å². The number of methoxy groups -OCH3 is 2. The highest BCUT2D eigenvalue weighted by atomic mass is 16.5. The molecule has 0 aliphatic carbocycles. The smallest absolute Gasteiger partial charge is 0.307 e. The molecule has 0 spiro atoms. The lowest BCUT2D eigenvalue weighted by Crippen LogP contribution is -2.36. The van der Waals surface area contributed by atoms with E-state index in [0.717, 1.165) is 5.56 Å². The van der Waals surface area contributed by atoms with Gasteiger partial charge in [0.15, 0.2) is 11.5 Å². The molecular weight excluding hydrogens is 246 g/mol. The molecule has 1 aromatic carbocycles. The Labute approximate surface area is 113 Å². The van der Waals surface area contributed by atoms with Gasteiger partial charge in [-0.1, -0.05) is 6.07 Å². The number of hydrogen-bond acceptors (Lipinski definition) is 5. The van der Waals surface area contributed by atoms with Crippen LogP contribution in [0.5, 0.6) is 11.5 Å². The maximum atomic E-state index is 11.6. The van der Waals surface area contributed by atoms with E-state index >= 15 is 0 Å². The SMILES string of the molecule is CCOC(=O)CC(C)(N)c1ccc(OC)c(OC)c1. The Hall–Kier alpha value is -1.75. The van der Waals surface area contributed by atoms with Crippen LogP contribution in [-0.4, -0.2) is 26.8 Å². The maximum absolute atomic E-state index is 11.6. The van der Waals surface area contributed by atoms with Crippen LogP contribution in [0.1, 0.15) is 25.8 Å². The van der Waals surface area contributed by atoms with Crippen LogP contribution in [-0.2, 0) is 15.1 Å². The number of nitrogens with two attached hydrogens (primary N) is 1. The zero-order valence-corrected chi connectivity index (χ0v) is 11.9. The Morgan fingerprint density at radius 3 is 2.42 bits per heavy atom. The fourth-order valence-corrected chi connectivity index (χ4v) is 1.81. The first-order valence-electron chi connectivity index (χ1n) is 6.11. The highest BCUT2D eigenvalue weighted by molar-refractivity contribution is 5.71. The molecule has 19 heavy (non-hydrogen) atoms. The summed E-state index contributed by atoms with van der Waals surface area (Å²) >= 11 is 0. The van der Waals surface area contributed by atoms with E-state index in [1.165, 1.54) is 0 Å². The van der Waals surface area contributed by atoms with Crippen molar-refractivity contribution in [2.45, 2.75) is 25.8 Å². The first-order valence-corrected chi connectivity index (χ1v) is 6.11. The van der Waals surface area contributed by atoms with Crippen molar-refractivity contribution in [3.63, 3.8) is 0 Å². The van der Waals surface area contributed by atoms with Gasteiger partial charge in [-0.25, -0.2) is 0 Å². The molecule has 0 radical (unpaired) electrons. The summed E-state index contributed by atoms with van der Waals surface area (Å²) in [5, 5.41) is 0. The van der Waals surface area contributed by atoms with E-state index in [9.17, 15) is 4.79 Å². The highest BCUT2D eigenvalue weighted by Crippen LogP contribution is 2.32. The Kier molecular flexibility index (Phi) is 5.18.